The number of nitrogens with zero attached hydrogens (tertiary/aromatic N) is 2. The molecule has 4 nitrogen and oxygen atoms in total. The number of thiazole rings is 1. The zero-order valence-corrected chi connectivity index (χ0v) is 11.3. The van der Waals surface area contributed by atoms with Gasteiger partial charge in [0, 0.05) is 29.4 Å². The molecule has 1 saturated carbocycles. The number of pyridine rings is 1. The van der Waals surface area contributed by atoms with E-state index >= 15 is 0 Å². The molecule has 3 rings (SSSR count). The van der Waals surface area contributed by atoms with Crippen LogP contribution in [0.2, 0.25) is 0 Å². The lowest BCUT2D eigenvalue weighted by atomic mass is 10.2. The van der Waals surface area contributed by atoms with E-state index in [1.165, 1.54) is 24.2 Å². The van der Waals surface area contributed by atoms with Gasteiger partial charge in [0.2, 0.25) is 0 Å². The quantitative estimate of drug-likeness (QED) is 0.935. The number of hydrogen-bond acceptors (Lipinski definition) is 4. The fourth-order valence-electron chi connectivity index (χ4n) is 2.33. The molecule has 1 amide bonds. The van der Waals surface area contributed by atoms with Crippen molar-refractivity contribution in [1.29, 1.82) is 0 Å². The summed E-state index contributed by atoms with van der Waals surface area (Å²) in [6.07, 6.45) is 8.07. The smallest absolute Gasteiger partial charge is 0.270 e. The Balaban J connectivity index is 1.72. The van der Waals surface area contributed by atoms with Gasteiger partial charge in [-0.05, 0) is 25.0 Å². The monoisotopic (exact) mass is 273 g/mol. The summed E-state index contributed by atoms with van der Waals surface area (Å²) < 4.78 is 0. The highest BCUT2D eigenvalue weighted by Gasteiger charge is 2.19. The fraction of sp³-hybridized carbons (Fsp3) is 0.357. The zero-order valence-electron chi connectivity index (χ0n) is 10.5. The van der Waals surface area contributed by atoms with Crippen LogP contribution in [0, 0.1) is 0 Å². The summed E-state index contributed by atoms with van der Waals surface area (Å²) in [5.41, 5.74) is 1.52. The highest BCUT2D eigenvalue weighted by Crippen LogP contribution is 2.23. The standard InChI is InChI=1S/C14H15N3OS/c18-13(16-11-3-1-2-4-11)12-9-19-14(17-12)10-5-7-15-8-6-10/h5-9,11H,1-4H2,(H,16,18). The molecule has 0 bridgehead atoms. The van der Waals surface area contributed by atoms with Crippen molar-refractivity contribution in [3.63, 3.8) is 0 Å². The molecule has 5 heteroatoms. The Labute approximate surface area is 115 Å². The van der Waals surface area contributed by atoms with Crippen LogP contribution in [-0.2, 0) is 0 Å². The van der Waals surface area contributed by atoms with Gasteiger partial charge in [0.25, 0.3) is 5.91 Å². The van der Waals surface area contributed by atoms with Crippen molar-refractivity contribution in [2.75, 3.05) is 0 Å². The Bertz CT molecular complexity index is 561. The molecule has 1 N–H and O–H groups in total. The van der Waals surface area contributed by atoms with Crippen molar-refractivity contribution in [2.45, 2.75) is 31.7 Å². The average molecular weight is 273 g/mol. The first-order valence-electron chi connectivity index (χ1n) is 6.50. The van der Waals surface area contributed by atoms with E-state index in [4.69, 9.17) is 0 Å². The van der Waals surface area contributed by atoms with Gasteiger partial charge < -0.3 is 5.32 Å². The predicted molar refractivity (Wildman–Crippen MR) is 75.1 cm³/mol. The largest absolute Gasteiger partial charge is 0.348 e. The third-order valence-corrected chi connectivity index (χ3v) is 4.25. The zero-order chi connectivity index (χ0) is 13.1. The first-order chi connectivity index (χ1) is 9.33. The molecular weight excluding hydrogens is 258 g/mol. The van der Waals surface area contributed by atoms with Gasteiger partial charge in [-0.1, -0.05) is 12.8 Å². The molecule has 19 heavy (non-hydrogen) atoms. The number of carbonyl (C=O) groups excluding carboxylic acids is 1. The second-order valence-corrected chi connectivity index (χ2v) is 5.59. The van der Waals surface area contributed by atoms with Crippen LogP contribution in [0.1, 0.15) is 36.2 Å². The van der Waals surface area contributed by atoms with Crippen molar-refractivity contribution < 1.29 is 4.79 Å². The minimum absolute atomic E-state index is 0.0524. The van der Waals surface area contributed by atoms with Gasteiger partial charge in [-0.2, -0.15) is 0 Å². The van der Waals surface area contributed by atoms with Gasteiger partial charge in [0.05, 0.1) is 0 Å². The first-order valence-corrected chi connectivity index (χ1v) is 7.38. The van der Waals surface area contributed by atoms with Gasteiger partial charge in [-0.15, -0.1) is 11.3 Å². The number of amides is 1. The van der Waals surface area contributed by atoms with E-state index in [9.17, 15) is 4.79 Å². The molecule has 1 fully saturated rings. The molecule has 0 saturated heterocycles. The second kappa shape index (κ2) is 5.48. The Morgan fingerprint density at radius 3 is 2.74 bits per heavy atom. The van der Waals surface area contributed by atoms with E-state index in [2.05, 4.69) is 15.3 Å². The Hall–Kier alpha value is -1.75. The van der Waals surface area contributed by atoms with Crippen molar-refractivity contribution >= 4 is 17.2 Å². The van der Waals surface area contributed by atoms with E-state index in [1.54, 1.807) is 12.4 Å². The van der Waals surface area contributed by atoms with Crippen molar-refractivity contribution in [3.8, 4) is 10.6 Å². The molecule has 2 heterocycles. The summed E-state index contributed by atoms with van der Waals surface area (Å²) >= 11 is 1.49. The molecular formula is C14H15N3OS. The summed E-state index contributed by atoms with van der Waals surface area (Å²) in [5, 5.41) is 5.73. The number of rotatable bonds is 3. The van der Waals surface area contributed by atoms with E-state index < -0.39 is 0 Å². The molecule has 0 aliphatic heterocycles. The maximum atomic E-state index is 12.1. The van der Waals surface area contributed by atoms with Crippen molar-refractivity contribution in [3.05, 3.63) is 35.6 Å². The maximum absolute atomic E-state index is 12.1. The molecule has 2 aromatic heterocycles. The number of nitrogens with one attached hydrogen (secondary N) is 1. The third kappa shape index (κ3) is 2.81. The summed E-state index contributed by atoms with van der Waals surface area (Å²) in [4.78, 5) is 20.4. The van der Waals surface area contributed by atoms with Crippen molar-refractivity contribution in [1.82, 2.24) is 15.3 Å². The molecule has 2 aromatic rings. The lowest BCUT2D eigenvalue weighted by molar-refractivity contribution is 0.0933. The Morgan fingerprint density at radius 1 is 1.26 bits per heavy atom. The van der Waals surface area contributed by atoms with Crippen LogP contribution < -0.4 is 5.32 Å². The lowest BCUT2D eigenvalue weighted by Crippen LogP contribution is -2.32. The van der Waals surface area contributed by atoms with Gasteiger partial charge in [-0.3, -0.25) is 9.78 Å². The summed E-state index contributed by atoms with van der Waals surface area (Å²) in [5.74, 6) is -0.0524. The van der Waals surface area contributed by atoms with Crippen LogP contribution in [0.15, 0.2) is 29.9 Å². The van der Waals surface area contributed by atoms with Gasteiger partial charge >= 0.3 is 0 Å². The number of carbonyl (C=O) groups is 1. The first kappa shape index (κ1) is 12.3. The summed E-state index contributed by atoms with van der Waals surface area (Å²) in [6.45, 7) is 0. The maximum Gasteiger partial charge on any atom is 0.270 e. The molecule has 0 aromatic carbocycles. The van der Waals surface area contributed by atoms with Crippen LogP contribution in [0.25, 0.3) is 10.6 Å². The Kier molecular flexibility index (Phi) is 3.55. The van der Waals surface area contributed by atoms with Crippen molar-refractivity contribution in [2.24, 2.45) is 0 Å². The molecule has 0 radical (unpaired) electrons. The number of hydrogen-bond donors (Lipinski definition) is 1. The molecule has 0 spiro atoms. The van der Waals surface area contributed by atoms with E-state index in [1.807, 2.05) is 17.5 Å². The van der Waals surface area contributed by atoms with Gasteiger partial charge in [0.15, 0.2) is 0 Å². The van der Waals surface area contributed by atoms with E-state index in [-0.39, 0.29) is 5.91 Å². The molecule has 1 aliphatic rings. The minimum atomic E-state index is -0.0524. The van der Waals surface area contributed by atoms with E-state index in [0.717, 1.165) is 23.4 Å². The molecule has 1 aliphatic carbocycles. The molecule has 0 atom stereocenters. The second-order valence-electron chi connectivity index (χ2n) is 4.73. The highest BCUT2D eigenvalue weighted by molar-refractivity contribution is 7.13. The van der Waals surface area contributed by atoms with Crippen LogP contribution in [0.3, 0.4) is 0 Å². The summed E-state index contributed by atoms with van der Waals surface area (Å²) in [7, 11) is 0. The molecule has 0 unspecified atom stereocenters. The summed E-state index contributed by atoms with van der Waals surface area (Å²) in [6, 6.07) is 4.13. The Morgan fingerprint density at radius 2 is 2.00 bits per heavy atom. The predicted octanol–water partition coefficient (Wildman–Crippen LogP) is 2.88. The highest BCUT2D eigenvalue weighted by atomic mass is 32.1. The van der Waals surface area contributed by atoms with Crippen LogP contribution in [0.5, 0.6) is 0 Å². The van der Waals surface area contributed by atoms with Gasteiger partial charge in [0.1, 0.15) is 10.7 Å². The molecule has 98 valence electrons. The van der Waals surface area contributed by atoms with Crippen LogP contribution >= 0.6 is 11.3 Å². The lowest BCUT2D eigenvalue weighted by Gasteiger charge is -2.09. The third-order valence-electron chi connectivity index (χ3n) is 3.35. The van der Waals surface area contributed by atoms with Crippen LogP contribution in [-0.4, -0.2) is 21.9 Å². The SMILES string of the molecule is O=C(NC1CCCC1)c1csc(-c2ccncc2)n1. The topological polar surface area (TPSA) is 54.9 Å². The van der Waals surface area contributed by atoms with Crippen LogP contribution in [0.4, 0.5) is 0 Å². The van der Waals surface area contributed by atoms with Gasteiger partial charge in [-0.25, -0.2) is 4.98 Å². The normalized spacial score (nSPS) is 15.6. The minimum Gasteiger partial charge on any atom is -0.348 e. The van der Waals surface area contributed by atoms with E-state index in [0.29, 0.717) is 11.7 Å². The fourth-order valence-corrected chi connectivity index (χ4v) is 3.14. The average Bonchev–Trinajstić information content (AvgIpc) is 3.10. The number of aromatic nitrogens is 2.